The van der Waals surface area contributed by atoms with E-state index in [2.05, 4.69) is 5.32 Å². The largest absolute Gasteiger partial charge is 0.399 e. The molecule has 3 N–H and O–H groups in total. The molecule has 0 radical (unpaired) electrons. The van der Waals surface area contributed by atoms with Gasteiger partial charge in [0.2, 0.25) is 5.91 Å². The van der Waals surface area contributed by atoms with Gasteiger partial charge in [0.05, 0.1) is 5.69 Å². The monoisotopic (exact) mass is 329 g/mol. The second kappa shape index (κ2) is 9.33. The smallest absolute Gasteiger partial charge is 0.277 e. The van der Waals surface area contributed by atoms with Gasteiger partial charge >= 0.3 is 0 Å². The number of nitrogens with one attached hydrogen (secondary N) is 1. The van der Waals surface area contributed by atoms with Crippen LogP contribution in [0.15, 0.2) is 36.0 Å². The highest BCUT2D eigenvalue weighted by Crippen LogP contribution is 2.18. The van der Waals surface area contributed by atoms with Crippen LogP contribution < -0.4 is 16.0 Å². The van der Waals surface area contributed by atoms with E-state index < -0.39 is 11.8 Å². The molecule has 0 bridgehead atoms. The molecule has 0 atom stereocenters. The summed E-state index contributed by atoms with van der Waals surface area (Å²) < 4.78 is 0. The number of carbonyl (C=O) groups excluding carboxylic acids is 2. The van der Waals surface area contributed by atoms with Crippen molar-refractivity contribution in [3.63, 3.8) is 0 Å². The summed E-state index contributed by atoms with van der Waals surface area (Å²) in [6.45, 7) is 2.79. The van der Waals surface area contributed by atoms with Crippen molar-refractivity contribution < 1.29 is 9.59 Å². The van der Waals surface area contributed by atoms with Crippen molar-refractivity contribution in [2.75, 3.05) is 37.8 Å². The molecule has 0 fully saturated rings. The molecular weight excluding hydrogens is 306 g/mol. The fourth-order valence-electron chi connectivity index (χ4n) is 2.00. The quantitative estimate of drug-likeness (QED) is 0.336. The SMILES string of the molecule is CC(=O)N(C(=O)/C(C#N)=C\NCCCN(C)C)c1ccc(N)cc1. The van der Waals surface area contributed by atoms with Gasteiger partial charge in [0.1, 0.15) is 11.6 Å². The number of hydrogen-bond acceptors (Lipinski definition) is 6. The molecule has 128 valence electrons. The Morgan fingerprint density at radius 3 is 2.42 bits per heavy atom. The number of imide groups is 1. The molecule has 0 unspecified atom stereocenters. The van der Waals surface area contributed by atoms with E-state index in [1.165, 1.54) is 13.1 Å². The summed E-state index contributed by atoms with van der Waals surface area (Å²) in [5, 5.41) is 12.2. The predicted molar refractivity (Wildman–Crippen MR) is 93.9 cm³/mol. The molecule has 0 saturated carbocycles. The first-order chi connectivity index (χ1) is 11.4. The van der Waals surface area contributed by atoms with E-state index in [0.29, 0.717) is 17.9 Å². The summed E-state index contributed by atoms with van der Waals surface area (Å²) in [4.78, 5) is 27.4. The van der Waals surface area contributed by atoms with Crippen LogP contribution in [0.3, 0.4) is 0 Å². The highest BCUT2D eigenvalue weighted by molar-refractivity contribution is 6.21. The van der Waals surface area contributed by atoms with Gasteiger partial charge < -0.3 is 16.0 Å². The lowest BCUT2D eigenvalue weighted by Crippen LogP contribution is -2.36. The van der Waals surface area contributed by atoms with Crippen molar-refractivity contribution in [1.82, 2.24) is 10.2 Å². The van der Waals surface area contributed by atoms with E-state index >= 15 is 0 Å². The third-order valence-electron chi connectivity index (χ3n) is 3.19. The normalized spacial score (nSPS) is 11.0. The third-order valence-corrected chi connectivity index (χ3v) is 3.19. The number of anilines is 2. The van der Waals surface area contributed by atoms with Crippen molar-refractivity contribution in [3.05, 3.63) is 36.0 Å². The summed E-state index contributed by atoms with van der Waals surface area (Å²) in [6.07, 6.45) is 2.22. The van der Waals surface area contributed by atoms with Crippen LogP contribution in [0.2, 0.25) is 0 Å². The number of nitriles is 1. The van der Waals surface area contributed by atoms with Gasteiger partial charge in [-0.1, -0.05) is 0 Å². The highest BCUT2D eigenvalue weighted by atomic mass is 16.2. The number of nitrogens with two attached hydrogens (primary N) is 1. The Morgan fingerprint density at radius 1 is 1.29 bits per heavy atom. The molecule has 1 aromatic carbocycles. The lowest BCUT2D eigenvalue weighted by Gasteiger charge is -2.19. The number of rotatable bonds is 7. The Bertz CT molecular complexity index is 644. The van der Waals surface area contributed by atoms with Gasteiger partial charge in [-0.15, -0.1) is 0 Å². The third kappa shape index (κ3) is 5.74. The van der Waals surface area contributed by atoms with Gasteiger partial charge in [0.25, 0.3) is 5.91 Å². The van der Waals surface area contributed by atoms with Gasteiger partial charge in [0.15, 0.2) is 0 Å². The minimum atomic E-state index is -0.671. The van der Waals surface area contributed by atoms with Gasteiger partial charge in [-0.05, 0) is 51.3 Å². The molecule has 7 heteroatoms. The molecular formula is C17H23N5O2. The second-order valence-electron chi connectivity index (χ2n) is 5.53. The van der Waals surface area contributed by atoms with Crippen LogP contribution in [0.1, 0.15) is 13.3 Å². The number of nitrogen functional groups attached to an aromatic ring is 1. The lowest BCUT2D eigenvalue weighted by atomic mass is 10.2. The molecule has 0 spiro atoms. The first kappa shape index (κ1) is 19.2. The maximum Gasteiger partial charge on any atom is 0.277 e. The predicted octanol–water partition coefficient (Wildman–Crippen LogP) is 1.10. The van der Waals surface area contributed by atoms with E-state index in [0.717, 1.165) is 17.9 Å². The molecule has 7 nitrogen and oxygen atoms in total. The van der Waals surface area contributed by atoms with Crippen molar-refractivity contribution in [2.45, 2.75) is 13.3 Å². The number of benzene rings is 1. The summed E-state index contributed by atoms with van der Waals surface area (Å²) in [5.41, 5.74) is 6.37. The van der Waals surface area contributed by atoms with Gasteiger partial charge in [-0.25, -0.2) is 4.90 Å². The first-order valence-corrected chi connectivity index (χ1v) is 7.55. The van der Waals surface area contributed by atoms with Crippen LogP contribution in [0.5, 0.6) is 0 Å². The van der Waals surface area contributed by atoms with Crippen LogP contribution in [-0.4, -0.2) is 43.9 Å². The van der Waals surface area contributed by atoms with Gasteiger partial charge in [-0.3, -0.25) is 9.59 Å². The molecule has 0 aromatic heterocycles. The second-order valence-corrected chi connectivity index (χ2v) is 5.53. The maximum atomic E-state index is 12.5. The van der Waals surface area contributed by atoms with E-state index in [1.54, 1.807) is 24.3 Å². The topological polar surface area (TPSA) is 102 Å². The Morgan fingerprint density at radius 2 is 1.92 bits per heavy atom. The number of carbonyl (C=O) groups is 2. The Labute approximate surface area is 142 Å². The number of amides is 2. The molecule has 24 heavy (non-hydrogen) atoms. The molecule has 1 rings (SSSR count). The molecule has 2 amide bonds. The van der Waals surface area contributed by atoms with Crippen LogP contribution in [0.4, 0.5) is 11.4 Å². The van der Waals surface area contributed by atoms with E-state index in [4.69, 9.17) is 5.73 Å². The summed E-state index contributed by atoms with van der Waals surface area (Å²) in [7, 11) is 3.94. The Balaban J connectivity index is 2.86. The van der Waals surface area contributed by atoms with Gasteiger partial charge in [0, 0.05) is 25.4 Å². The van der Waals surface area contributed by atoms with E-state index in [1.807, 2.05) is 25.1 Å². The average molecular weight is 329 g/mol. The fraction of sp³-hybridized carbons (Fsp3) is 0.353. The van der Waals surface area contributed by atoms with E-state index in [9.17, 15) is 14.9 Å². The van der Waals surface area contributed by atoms with Crippen molar-refractivity contribution in [2.24, 2.45) is 0 Å². The molecule has 0 aliphatic heterocycles. The number of hydrogen-bond donors (Lipinski definition) is 2. The zero-order valence-corrected chi connectivity index (χ0v) is 14.2. The summed E-state index contributed by atoms with van der Waals surface area (Å²) in [6, 6.07) is 8.15. The standard InChI is InChI=1S/C17H23N5O2/c1-13(23)22(16-7-5-15(19)6-8-16)17(24)14(11-18)12-20-9-4-10-21(2)3/h5-8,12,20H,4,9-10,19H2,1-3H3/b14-12-. The minimum absolute atomic E-state index is 0.133. The Hall–Kier alpha value is -2.85. The zero-order valence-electron chi connectivity index (χ0n) is 14.2. The van der Waals surface area contributed by atoms with Crippen molar-refractivity contribution >= 4 is 23.2 Å². The zero-order chi connectivity index (χ0) is 18.1. The molecule has 0 heterocycles. The van der Waals surface area contributed by atoms with E-state index in [-0.39, 0.29) is 5.57 Å². The minimum Gasteiger partial charge on any atom is -0.399 e. The highest BCUT2D eigenvalue weighted by Gasteiger charge is 2.23. The summed E-state index contributed by atoms with van der Waals surface area (Å²) >= 11 is 0. The fourth-order valence-corrected chi connectivity index (χ4v) is 2.00. The van der Waals surface area contributed by atoms with Crippen LogP contribution in [0, 0.1) is 11.3 Å². The van der Waals surface area contributed by atoms with Crippen molar-refractivity contribution in [3.8, 4) is 6.07 Å². The van der Waals surface area contributed by atoms with Gasteiger partial charge in [-0.2, -0.15) is 5.26 Å². The maximum absolute atomic E-state index is 12.5. The average Bonchev–Trinajstić information content (AvgIpc) is 2.52. The van der Waals surface area contributed by atoms with Crippen molar-refractivity contribution in [1.29, 1.82) is 5.26 Å². The summed E-state index contributed by atoms with van der Waals surface area (Å²) in [5.74, 6) is -1.14. The molecule has 1 aromatic rings. The Kier molecular flexibility index (Phi) is 7.46. The first-order valence-electron chi connectivity index (χ1n) is 7.55. The van der Waals surface area contributed by atoms with Crippen LogP contribution in [-0.2, 0) is 9.59 Å². The lowest BCUT2D eigenvalue weighted by molar-refractivity contribution is -0.123. The van der Waals surface area contributed by atoms with Crippen LogP contribution >= 0.6 is 0 Å². The molecule has 0 saturated heterocycles. The number of nitrogens with zero attached hydrogens (tertiary/aromatic N) is 3. The van der Waals surface area contributed by atoms with Crippen LogP contribution in [0.25, 0.3) is 0 Å². The molecule has 0 aliphatic rings. The molecule has 0 aliphatic carbocycles.